The van der Waals surface area contributed by atoms with Crippen molar-refractivity contribution in [1.82, 2.24) is 5.32 Å². The first-order valence-electron chi connectivity index (χ1n) is 8.32. The number of nitrogens with one attached hydrogen (secondary N) is 1. The van der Waals surface area contributed by atoms with Crippen molar-refractivity contribution in [3.63, 3.8) is 0 Å². The van der Waals surface area contributed by atoms with Crippen LogP contribution in [0.25, 0.3) is 0 Å². The third-order valence-electron chi connectivity index (χ3n) is 3.69. The summed E-state index contributed by atoms with van der Waals surface area (Å²) in [5.41, 5.74) is -0.666. The van der Waals surface area contributed by atoms with Crippen LogP contribution < -0.4 is 5.32 Å². The molecule has 0 aromatic carbocycles. The Morgan fingerprint density at radius 3 is 2.36 bits per heavy atom. The zero-order valence-corrected chi connectivity index (χ0v) is 15.1. The lowest BCUT2D eigenvalue weighted by Crippen LogP contribution is -2.64. The van der Waals surface area contributed by atoms with Gasteiger partial charge in [0.15, 0.2) is 13.1 Å². The highest BCUT2D eigenvalue weighted by atomic mass is 16.7. The molecule has 0 aliphatic carbocycles. The molecule has 4 N–H and O–H groups in total. The fraction of sp³-hybridized carbons (Fsp3) is 0.875. The van der Waals surface area contributed by atoms with Crippen molar-refractivity contribution in [3.8, 4) is 0 Å². The molecule has 0 bridgehead atoms. The summed E-state index contributed by atoms with van der Waals surface area (Å²) in [4.78, 5) is 23.2. The number of hydrogen-bond acceptors (Lipinski definition) is 8. The van der Waals surface area contributed by atoms with Gasteiger partial charge in [-0.2, -0.15) is 0 Å². The Labute approximate surface area is 147 Å². The lowest BCUT2D eigenvalue weighted by Gasteiger charge is -2.40. The largest absolute Gasteiger partial charge is 0.438 e. The van der Waals surface area contributed by atoms with E-state index in [9.17, 15) is 24.9 Å². The van der Waals surface area contributed by atoms with E-state index in [0.29, 0.717) is 6.42 Å². The highest BCUT2D eigenvalue weighted by Gasteiger charge is 2.44. The van der Waals surface area contributed by atoms with Gasteiger partial charge in [0, 0.05) is 6.42 Å². The van der Waals surface area contributed by atoms with Gasteiger partial charge in [-0.15, -0.1) is 0 Å². The van der Waals surface area contributed by atoms with Crippen molar-refractivity contribution in [2.75, 3.05) is 13.4 Å². The average Bonchev–Trinajstić information content (AvgIpc) is 2.51. The standard InChI is InChI=1S/C16H29NO8/c1-5-6-10(18)17-11-13(20)12(19)9(25-14(11)21)7-23-8-24-15(22)16(2,3)4/h9,11-14,19-21H,5-8H2,1-4H3,(H,17,18)/t9-,11-,12-,13-,14?/m1/s1. The Morgan fingerprint density at radius 2 is 1.80 bits per heavy atom. The summed E-state index contributed by atoms with van der Waals surface area (Å²) in [6, 6.07) is -1.14. The molecule has 9 nitrogen and oxygen atoms in total. The molecule has 1 heterocycles. The van der Waals surface area contributed by atoms with Gasteiger partial charge in [0.2, 0.25) is 5.91 Å². The predicted molar refractivity (Wildman–Crippen MR) is 86.1 cm³/mol. The van der Waals surface area contributed by atoms with Crippen LogP contribution in [-0.4, -0.2) is 71.2 Å². The molecule has 0 saturated carbocycles. The molecule has 25 heavy (non-hydrogen) atoms. The van der Waals surface area contributed by atoms with Gasteiger partial charge in [-0.25, -0.2) is 0 Å². The summed E-state index contributed by atoms with van der Waals surface area (Å²) in [6.07, 6.45) is -4.48. The minimum atomic E-state index is -1.50. The molecule has 0 aromatic rings. The average molecular weight is 363 g/mol. The molecule has 1 fully saturated rings. The lowest BCUT2D eigenvalue weighted by atomic mass is 9.97. The predicted octanol–water partition coefficient (Wildman–Crippen LogP) is -0.726. The van der Waals surface area contributed by atoms with Gasteiger partial charge in [0.1, 0.15) is 24.4 Å². The summed E-state index contributed by atoms with van der Waals surface area (Å²) in [7, 11) is 0. The fourth-order valence-corrected chi connectivity index (χ4v) is 2.20. The normalized spacial score (nSPS) is 30.0. The molecule has 1 aliphatic heterocycles. The van der Waals surface area contributed by atoms with Gasteiger partial charge >= 0.3 is 5.97 Å². The number of amides is 1. The lowest BCUT2D eigenvalue weighted by molar-refractivity contribution is -0.260. The third kappa shape index (κ3) is 6.52. The van der Waals surface area contributed by atoms with Crippen LogP contribution >= 0.6 is 0 Å². The molecule has 0 spiro atoms. The van der Waals surface area contributed by atoms with Crippen LogP contribution in [0.1, 0.15) is 40.5 Å². The summed E-state index contributed by atoms with van der Waals surface area (Å²) in [5.74, 6) is -0.804. The Bertz CT molecular complexity index is 450. The first kappa shape index (κ1) is 21.8. The number of carbonyl (C=O) groups excluding carboxylic acids is 2. The highest BCUT2D eigenvalue weighted by molar-refractivity contribution is 5.76. The Kier molecular flexibility index (Phi) is 8.23. The summed E-state index contributed by atoms with van der Waals surface area (Å²) in [5, 5.41) is 32.6. The number of carbonyl (C=O) groups is 2. The molecule has 1 amide bonds. The van der Waals surface area contributed by atoms with E-state index in [4.69, 9.17) is 14.2 Å². The second kappa shape index (κ2) is 9.44. The van der Waals surface area contributed by atoms with Gasteiger partial charge in [-0.1, -0.05) is 6.92 Å². The van der Waals surface area contributed by atoms with Crippen LogP contribution in [0, 0.1) is 5.41 Å². The van der Waals surface area contributed by atoms with Crippen LogP contribution in [0.2, 0.25) is 0 Å². The number of rotatable bonds is 7. The topological polar surface area (TPSA) is 135 Å². The Hall–Kier alpha value is -1.26. The van der Waals surface area contributed by atoms with E-state index in [-0.39, 0.29) is 25.7 Å². The van der Waals surface area contributed by atoms with Crippen LogP contribution in [-0.2, 0) is 23.8 Å². The molecule has 1 saturated heterocycles. The zero-order chi connectivity index (χ0) is 19.2. The van der Waals surface area contributed by atoms with Crippen molar-refractivity contribution in [2.24, 2.45) is 5.41 Å². The molecule has 0 radical (unpaired) electrons. The molecule has 146 valence electrons. The van der Waals surface area contributed by atoms with Crippen molar-refractivity contribution in [3.05, 3.63) is 0 Å². The van der Waals surface area contributed by atoms with E-state index in [1.54, 1.807) is 20.8 Å². The summed E-state index contributed by atoms with van der Waals surface area (Å²) < 4.78 is 15.2. The van der Waals surface area contributed by atoms with Gasteiger partial charge < -0.3 is 34.8 Å². The first-order chi connectivity index (χ1) is 11.6. The van der Waals surface area contributed by atoms with E-state index < -0.39 is 42.0 Å². The highest BCUT2D eigenvalue weighted by Crippen LogP contribution is 2.21. The van der Waals surface area contributed by atoms with Crippen molar-refractivity contribution in [1.29, 1.82) is 0 Å². The van der Waals surface area contributed by atoms with Crippen LogP contribution in [0.3, 0.4) is 0 Å². The van der Waals surface area contributed by atoms with Crippen LogP contribution in [0.5, 0.6) is 0 Å². The number of hydrogen-bond donors (Lipinski definition) is 4. The zero-order valence-electron chi connectivity index (χ0n) is 15.1. The number of aliphatic hydroxyl groups excluding tert-OH is 3. The number of esters is 1. The third-order valence-corrected chi connectivity index (χ3v) is 3.69. The van der Waals surface area contributed by atoms with Crippen molar-refractivity contribution in [2.45, 2.75) is 71.2 Å². The molecular weight excluding hydrogens is 334 g/mol. The van der Waals surface area contributed by atoms with Crippen LogP contribution in [0.15, 0.2) is 0 Å². The second-order valence-corrected chi connectivity index (χ2v) is 7.06. The molecule has 0 aromatic heterocycles. The second-order valence-electron chi connectivity index (χ2n) is 7.06. The quantitative estimate of drug-likeness (QED) is 0.264. The van der Waals surface area contributed by atoms with E-state index in [1.807, 2.05) is 6.92 Å². The van der Waals surface area contributed by atoms with Crippen LogP contribution in [0.4, 0.5) is 0 Å². The summed E-state index contributed by atoms with van der Waals surface area (Å²) >= 11 is 0. The van der Waals surface area contributed by atoms with E-state index in [0.717, 1.165) is 0 Å². The molecule has 1 rings (SSSR count). The minimum absolute atomic E-state index is 0.206. The molecule has 5 atom stereocenters. The Balaban J connectivity index is 2.46. The molecule has 1 unspecified atom stereocenters. The smallest absolute Gasteiger partial charge is 0.313 e. The molecule has 9 heteroatoms. The van der Waals surface area contributed by atoms with Crippen molar-refractivity contribution < 1.29 is 39.1 Å². The monoisotopic (exact) mass is 363 g/mol. The maximum Gasteiger partial charge on any atom is 0.313 e. The molecule has 1 aliphatic rings. The first-order valence-corrected chi connectivity index (χ1v) is 8.32. The SMILES string of the molecule is CCCC(=O)N[C@H]1C(O)O[C@H](COCOC(=O)C(C)(C)C)[C@@H](O)[C@@H]1O. The fourth-order valence-electron chi connectivity index (χ4n) is 2.20. The number of aliphatic hydroxyl groups is 3. The molecular formula is C16H29NO8. The Morgan fingerprint density at radius 1 is 1.16 bits per heavy atom. The van der Waals surface area contributed by atoms with E-state index >= 15 is 0 Å². The minimum Gasteiger partial charge on any atom is -0.438 e. The summed E-state index contributed by atoms with van der Waals surface area (Å²) in [6.45, 7) is 6.36. The van der Waals surface area contributed by atoms with Gasteiger partial charge in [0.05, 0.1) is 12.0 Å². The maximum atomic E-state index is 11.6. The van der Waals surface area contributed by atoms with Gasteiger partial charge in [-0.05, 0) is 27.2 Å². The van der Waals surface area contributed by atoms with E-state index in [2.05, 4.69) is 5.32 Å². The van der Waals surface area contributed by atoms with Gasteiger partial charge in [-0.3, -0.25) is 9.59 Å². The number of ether oxygens (including phenoxy) is 3. The van der Waals surface area contributed by atoms with Gasteiger partial charge in [0.25, 0.3) is 0 Å². The van der Waals surface area contributed by atoms with Crippen molar-refractivity contribution >= 4 is 11.9 Å². The maximum absolute atomic E-state index is 11.6. The van der Waals surface area contributed by atoms with E-state index in [1.165, 1.54) is 0 Å².